The average Bonchev–Trinajstić information content (AvgIpc) is 3.13. The summed E-state index contributed by atoms with van der Waals surface area (Å²) in [7, 11) is 0. The maximum Gasteiger partial charge on any atom is 0.416 e. The smallest absolute Gasteiger partial charge is 0.382 e. The highest BCUT2D eigenvalue weighted by atomic mass is 32.1. The topological polar surface area (TPSA) is 84.1 Å². The van der Waals surface area contributed by atoms with Gasteiger partial charge in [-0.3, -0.25) is 14.7 Å². The monoisotopic (exact) mass is 433 g/mol. The highest BCUT2D eigenvalue weighted by molar-refractivity contribution is 7.10. The van der Waals surface area contributed by atoms with Gasteiger partial charge in [0.15, 0.2) is 0 Å². The summed E-state index contributed by atoms with van der Waals surface area (Å²) in [6.07, 6.45) is -0.660. The third-order valence-electron chi connectivity index (χ3n) is 4.90. The number of alkyl halides is 3. The predicted octanol–water partition coefficient (Wildman–Crippen LogP) is 3.95. The Morgan fingerprint density at radius 1 is 1.27 bits per heavy atom. The van der Waals surface area contributed by atoms with Gasteiger partial charge >= 0.3 is 6.18 Å². The number of halogens is 3. The van der Waals surface area contributed by atoms with E-state index < -0.39 is 17.6 Å². The minimum atomic E-state index is -4.46. The van der Waals surface area contributed by atoms with Gasteiger partial charge in [-0.05, 0) is 30.2 Å². The molecule has 4 rings (SSSR count). The number of fused-ring (bicyclic) bond motifs is 1. The fourth-order valence-electron chi connectivity index (χ4n) is 3.39. The van der Waals surface area contributed by atoms with Crippen molar-refractivity contribution < 1.29 is 18.0 Å². The van der Waals surface area contributed by atoms with Crippen LogP contribution in [0.25, 0.3) is 0 Å². The number of amides is 1. The molecule has 1 aliphatic rings. The molecule has 2 aromatic heterocycles. The number of rotatable bonds is 4. The van der Waals surface area contributed by atoms with Gasteiger partial charge in [-0.1, -0.05) is 6.07 Å². The summed E-state index contributed by atoms with van der Waals surface area (Å²) in [6.45, 7) is 1.92. The van der Waals surface area contributed by atoms with Crippen LogP contribution in [-0.2, 0) is 25.7 Å². The zero-order valence-corrected chi connectivity index (χ0v) is 16.6. The van der Waals surface area contributed by atoms with Gasteiger partial charge < -0.3 is 11.1 Å². The molecule has 30 heavy (non-hydrogen) atoms. The standard InChI is InChI=1S/C20H18F3N5OS/c21-20(22,23)12-2-1-3-13(8-12)27-19(29)15-11-30-17-10-28(7-4-14(15)17)9-16-18(24)26-6-5-25-16/h1-3,5-6,8,11H,4,7,9-10H2,(H2,24,26)(H,27,29). The Labute approximate surface area is 174 Å². The first kappa shape index (κ1) is 20.3. The van der Waals surface area contributed by atoms with E-state index in [1.807, 2.05) is 0 Å². The van der Waals surface area contributed by atoms with E-state index in [-0.39, 0.29) is 5.69 Å². The van der Waals surface area contributed by atoms with Crippen molar-refractivity contribution in [1.29, 1.82) is 0 Å². The lowest BCUT2D eigenvalue weighted by Gasteiger charge is -2.27. The third-order valence-corrected chi connectivity index (χ3v) is 5.91. The number of benzene rings is 1. The summed E-state index contributed by atoms with van der Waals surface area (Å²) in [6, 6.07) is 4.63. The number of nitrogen functional groups attached to an aromatic ring is 1. The van der Waals surface area contributed by atoms with Crippen LogP contribution >= 0.6 is 11.3 Å². The molecule has 0 unspecified atom stereocenters. The van der Waals surface area contributed by atoms with Crippen molar-refractivity contribution in [3.63, 3.8) is 0 Å². The second kappa shape index (κ2) is 8.04. The van der Waals surface area contributed by atoms with Gasteiger partial charge in [0, 0.05) is 48.0 Å². The van der Waals surface area contributed by atoms with E-state index in [9.17, 15) is 18.0 Å². The molecule has 0 bridgehead atoms. The lowest BCUT2D eigenvalue weighted by Crippen LogP contribution is -2.30. The molecule has 156 valence electrons. The minimum Gasteiger partial charge on any atom is -0.382 e. The summed E-state index contributed by atoms with van der Waals surface area (Å²) in [4.78, 5) is 24.2. The van der Waals surface area contributed by atoms with Crippen molar-refractivity contribution in [3.05, 3.63) is 69.3 Å². The van der Waals surface area contributed by atoms with E-state index in [4.69, 9.17) is 5.73 Å². The number of nitrogens with one attached hydrogen (secondary N) is 1. The number of anilines is 2. The Hall–Kier alpha value is -2.98. The molecule has 0 aliphatic carbocycles. The molecule has 1 aliphatic heterocycles. The van der Waals surface area contributed by atoms with Crippen LogP contribution in [0.1, 0.15) is 32.1 Å². The van der Waals surface area contributed by atoms with Crippen LogP contribution in [0.15, 0.2) is 42.0 Å². The van der Waals surface area contributed by atoms with Crippen LogP contribution in [0.2, 0.25) is 0 Å². The highest BCUT2D eigenvalue weighted by Crippen LogP contribution is 2.32. The summed E-state index contributed by atoms with van der Waals surface area (Å²) in [5.74, 6) is -0.00549. The Balaban J connectivity index is 1.46. The largest absolute Gasteiger partial charge is 0.416 e. The number of thiophene rings is 1. The normalized spacial score (nSPS) is 14.4. The van der Waals surface area contributed by atoms with Crippen molar-refractivity contribution >= 4 is 28.7 Å². The summed E-state index contributed by atoms with van der Waals surface area (Å²) in [5, 5.41) is 4.34. The van der Waals surface area contributed by atoms with Crippen molar-refractivity contribution in [2.45, 2.75) is 25.7 Å². The van der Waals surface area contributed by atoms with Gasteiger partial charge in [0.25, 0.3) is 5.91 Å². The minimum absolute atomic E-state index is 0.116. The van der Waals surface area contributed by atoms with E-state index in [2.05, 4.69) is 20.2 Å². The highest BCUT2D eigenvalue weighted by Gasteiger charge is 2.31. The second-order valence-electron chi connectivity index (χ2n) is 6.93. The number of hydrogen-bond acceptors (Lipinski definition) is 6. The van der Waals surface area contributed by atoms with Gasteiger partial charge in [-0.25, -0.2) is 4.98 Å². The summed E-state index contributed by atoms with van der Waals surface area (Å²) < 4.78 is 38.7. The molecule has 0 fully saturated rings. The van der Waals surface area contributed by atoms with E-state index in [1.165, 1.54) is 23.5 Å². The number of hydrogen-bond donors (Lipinski definition) is 2. The van der Waals surface area contributed by atoms with E-state index in [0.717, 1.165) is 22.6 Å². The number of aromatic nitrogens is 2. The molecule has 3 N–H and O–H groups in total. The molecule has 3 heterocycles. The first-order chi connectivity index (χ1) is 14.3. The molecular weight excluding hydrogens is 415 g/mol. The molecule has 6 nitrogen and oxygen atoms in total. The molecule has 10 heteroatoms. The first-order valence-corrected chi connectivity index (χ1v) is 10.0. The van der Waals surface area contributed by atoms with E-state index >= 15 is 0 Å². The molecule has 1 amide bonds. The van der Waals surface area contributed by atoms with Crippen molar-refractivity contribution in [2.24, 2.45) is 0 Å². The van der Waals surface area contributed by atoms with Crippen LogP contribution < -0.4 is 11.1 Å². The first-order valence-electron chi connectivity index (χ1n) is 9.17. The molecule has 0 saturated carbocycles. The van der Waals surface area contributed by atoms with Crippen molar-refractivity contribution in [3.8, 4) is 0 Å². The molecule has 0 spiro atoms. The SMILES string of the molecule is Nc1nccnc1CN1CCc2c(C(=O)Nc3cccc(C(F)(F)F)c3)csc2C1. The van der Waals surface area contributed by atoms with Gasteiger partial charge in [0.1, 0.15) is 5.82 Å². The molecule has 0 atom stereocenters. The fraction of sp³-hybridized carbons (Fsp3) is 0.250. The molecule has 0 saturated heterocycles. The van der Waals surface area contributed by atoms with Crippen molar-refractivity contribution in [1.82, 2.24) is 14.9 Å². The molecule has 0 radical (unpaired) electrons. The molecule has 3 aromatic rings. The number of carbonyl (C=O) groups excluding carboxylic acids is 1. The van der Waals surface area contributed by atoms with Crippen LogP contribution in [0.4, 0.5) is 24.7 Å². The summed E-state index contributed by atoms with van der Waals surface area (Å²) >= 11 is 1.47. The quantitative estimate of drug-likeness (QED) is 0.651. The number of nitrogens with zero attached hydrogens (tertiary/aromatic N) is 3. The van der Waals surface area contributed by atoms with Crippen LogP contribution in [-0.4, -0.2) is 27.3 Å². The summed E-state index contributed by atoms with van der Waals surface area (Å²) in [5.41, 5.74) is 7.33. The van der Waals surface area contributed by atoms with E-state index in [0.29, 0.717) is 43.1 Å². The lowest BCUT2D eigenvalue weighted by molar-refractivity contribution is -0.137. The van der Waals surface area contributed by atoms with Gasteiger partial charge in [0.2, 0.25) is 0 Å². The van der Waals surface area contributed by atoms with Gasteiger partial charge in [-0.15, -0.1) is 11.3 Å². The Morgan fingerprint density at radius 2 is 2.07 bits per heavy atom. The van der Waals surface area contributed by atoms with Crippen LogP contribution in [0, 0.1) is 0 Å². The fourth-order valence-corrected chi connectivity index (χ4v) is 4.51. The average molecular weight is 433 g/mol. The van der Waals surface area contributed by atoms with Crippen LogP contribution in [0.3, 0.4) is 0 Å². The van der Waals surface area contributed by atoms with Gasteiger partial charge in [0.05, 0.1) is 16.8 Å². The van der Waals surface area contributed by atoms with Crippen molar-refractivity contribution in [2.75, 3.05) is 17.6 Å². The maximum atomic E-state index is 12.9. The number of carbonyl (C=O) groups is 1. The Kier molecular flexibility index (Phi) is 5.44. The lowest BCUT2D eigenvalue weighted by atomic mass is 10.0. The predicted molar refractivity (Wildman–Crippen MR) is 108 cm³/mol. The molecule has 1 aromatic carbocycles. The zero-order chi connectivity index (χ0) is 21.3. The van der Waals surface area contributed by atoms with Crippen LogP contribution in [0.5, 0.6) is 0 Å². The number of nitrogens with two attached hydrogens (primary N) is 1. The van der Waals surface area contributed by atoms with E-state index in [1.54, 1.807) is 17.8 Å². The third kappa shape index (κ3) is 4.29. The Bertz CT molecular complexity index is 1080. The maximum absolute atomic E-state index is 12.9. The molecular formula is C20H18F3N5OS. The van der Waals surface area contributed by atoms with Gasteiger partial charge in [-0.2, -0.15) is 13.2 Å². The zero-order valence-electron chi connectivity index (χ0n) is 15.7. The Morgan fingerprint density at radius 3 is 2.83 bits per heavy atom. The second-order valence-corrected chi connectivity index (χ2v) is 7.90.